The van der Waals surface area contributed by atoms with Crippen molar-refractivity contribution >= 4 is 15.8 Å². The van der Waals surface area contributed by atoms with E-state index >= 15 is 0 Å². The van der Waals surface area contributed by atoms with Gasteiger partial charge in [-0.3, -0.25) is 0 Å². The van der Waals surface area contributed by atoms with E-state index in [4.69, 9.17) is 9.92 Å². The zero-order chi connectivity index (χ0) is 11.5. The molecule has 0 heterocycles. The van der Waals surface area contributed by atoms with Crippen LogP contribution in [0.15, 0.2) is 18.2 Å². The maximum absolute atomic E-state index is 11.4. The molecule has 0 aliphatic heterocycles. The molecular formula is C10H15NO3S. The minimum Gasteiger partial charge on any atom is -0.396 e. The van der Waals surface area contributed by atoms with E-state index in [1.165, 1.54) is 0 Å². The highest BCUT2D eigenvalue weighted by molar-refractivity contribution is 7.87. The summed E-state index contributed by atoms with van der Waals surface area (Å²) in [5.74, 6) is 0.242. The summed E-state index contributed by atoms with van der Waals surface area (Å²) in [6.07, 6.45) is 0.522. The van der Waals surface area contributed by atoms with Crippen LogP contribution in [0, 0.1) is 6.92 Å². The topological polar surface area (TPSA) is 69.4 Å². The Labute approximate surface area is 90.2 Å². The van der Waals surface area contributed by atoms with Crippen molar-refractivity contribution in [2.45, 2.75) is 20.3 Å². The fraction of sp³-hybridized carbons (Fsp3) is 0.400. The number of hydrogen-bond acceptors (Lipinski definition) is 4. The highest BCUT2D eigenvalue weighted by Crippen LogP contribution is 2.26. The molecule has 1 rings (SSSR count). The lowest BCUT2D eigenvalue weighted by Crippen LogP contribution is -2.14. The van der Waals surface area contributed by atoms with E-state index in [0.717, 1.165) is 5.56 Å². The average Bonchev–Trinajstić information content (AvgIpc) is 2.11. The molecule has 0 bridgehead atoms. The maximum atomic E-state index is 11.4. The highest BCUT2D eigenvalue weighted by Gasteiger charge is 2.14. The number of rotatable bonds is 4. The molecule has 0 fully saturated rings. The van der Waals surface area contributed by atoms with Crippen LogP contribution in [0.4, 0.5) is 5.69 Å². The predicted octanol–water partition coefficient (Wildman–Crippen LogP) is 1.70. The second kappa shape index (κ2) is 4.53. The van der Waals surface area contributed by atoms with Crippen LogP contribution in [0.5, 0.6) is 5.75 Å². The Bertz CT molecular complexity index is 420. The largest absolute Gasteiger partial charge is 0.396 e. The monoisotopic (exact) mass is 229 g/mol. The van der Waals surface area contributed by atoms with Gasteiger partial charge >= 0.3 is 10.1 Å². The summed E-state index contributed by atoms with van der Waals surface area (Å²) in [5, 5.41) is 0. The smallest absolute Gasteiger partial charge is 0.309 e. The summed E-state index contributed by atoms with van der Waals surface area (Å²) < 4.78 is 27.8. The van der Waals surface area contributed by atoms with Crippen LogP contribution in [0.25, 0.3) is 0 Å². The van der Waals surface area contributed by atoms with Crippen LogP contribution in [0.2, 0.25) is 0 Å². The number of nitrogen functional groups attached to an aromatic ring is 1. The Morgan fingerprint density at radius 3 is 2.60 bits per heavy atom. The van der Waals surface area contributed by atoms with E-state index in [0.29, 0.717) is 12.1 Å². The Hall–Kier alpha value is -1.23. The van der Waals surface area contributed by atoms with Gasteiger partial charge in [0.05, 0.1) is 11.4 Å². The van der Waals surface area contributed by atoms with Crippen molar-refractivity contribution in [3.63, 3.8) is 0 Å². The number of anilines is 1. The fourth-order valence-electron chi connectivity index (χ4n) is 1.21. The van der Waals surface area contributed by atoms with Gasteiger partial charge in [-0.05, 0) is 25.0 Å². The van der Waals surface area contributed by atoms with Gasteiger partial charge in [-0.2, -0.15) is 8.42 Å². The molecule has 0 aromatic heterocycles. The first kappa shape index (κ1) is 11.8. The van der Waals surface area contributed by atoms with E-state index in [-0.39, 0.29) is 11.5 Å². The lowest BCUT2D eigenvalue weighted by molar-refractivity contribution is 0.484. The third kappa shape index (κ3) is 3.13. The van der Waals surface area contributed by atoms with Crippen LogP contribution < -0.4 is 9.92 Å². The average molecular weight is 229 g/mol. The third-order valence-electron chi connectivity index (χ3n) is 1.91. The van der Waals surface area contributed by atoms with Crippen LogP contribution in [-0.2, 0) is 10.1 Å². The van der Waals surface area contributed by atoms with Gasteiger partial charge in [0.2, 0.25) is 0 Å². The quantitative estimate of drug-likeness (QED) is 0.630. The van der Waals surface area contributed by atoms with Gasteiger partial charge in [-0.25, -0.2) is 0 Å². The van der Waals surface area contributed by atoms with Crippen molar-refractivity contribution < 1.29 is 12.6 Å². The normalized spacial score (nSPS) is 11.3. The Balaban J connectivity index is 2.99. The maximum Gasteiger partial charge on any atom is 0.309 e. The lowest BCUT2D eigenvalue weighted by atomic mass is 10.2. The van der Waals surface area contributed by atoms with Crippen LogP contribution >= 0.6 is 0 Å². The SMILES string of the molecule is CCCS(=O)(=O)Oc1c(C)cccc1N. The molecule has 0 aliphatic rings. The van der Waals surface area contributed by atoms with Crippen LogP contribution in [-0.4, -0.2) is 14.2 Å². The molecule has 1 aromatic carbocycles. The van der Waals surface area contributed by atoms with E-state index in [1.807, 2.05) is 0 Å². The highest BCUT2D eigenvalue weighted by atomic mass is 32.2. The Morgan fingerprint density at radius 1 is 1.40 bits per heavy atom. The molecule has 5 heteroatoms. The zero-order valence-corrected chi connectivity index (χ0v) is 9.67. The molecule has 0 unspecified atom stereocenters. The van der Waals surface area contributed by atoms with Crippen molar-refractivity contribution in [3.05, 3.63) is 23.8 Å². The first-order valence-corrected chi connectivity index (χ1v) is 6.31. The van der Waals surface area contributed by atoms with Gasteiger partial charge in [0.25, 0.3) is 0 Å². The Kier molecular flexibility index (Phi) is 3.57. The lowest BCUT2D eigenvalue weighted by Gasteiger charge is -2.10. The molecule has 4 nitrogen and oxygen atoms in total. The third-order valence-corrected chi connectivity index (χ3v) is 3.24. The van der Waals surface area contributed by atoms with E-state index in [1.54, 1.807) is 32.0 Å². The molecule has 0 saturated heterocycles. The summed E-state index contributed by atoms with van der Waals surface area (Å²) in [6.45, 7) is 3.54. The van der Waals surface area contributed by atoms with E-state index in [9.17, 15) is 8.42 Å². The molecule has 0 saturated carbocycles. The van der Waals surface area contributed by atoms with Gasteiger partial charge < -0.3 is 9.92 Å². The second-order valence-electron chi connectivity index (χ2n) is 3.34. The van der Waals surface area contributed by atoms with Crippen molar-refractivity contribution in [3.8, 4) is 5.75 Å². The zero-order valence-electron chi connectivity index (χ0n) is 8.86. The standard InChI is InChI=1S/C10H15NO3S/c1-3-7-15(12,13)14-10-8(2)5-4-6-9(10)11/h4-6H,3,7,11H2,1-2H3. The predicted molar refractivity (Wildman–Crippen MR) is 60.3 cm³/mol. The molecule has 84 valence electrons. The van der Waals surface area contributed by atoms with E-state index < -0.39 is 10.1 Å². The van der Waals surface area contributed by atoms with Crippen molar-refractivity contribution in [2.24, 2.45) is 0 Å². The van der Waals surface area contributed by atoms with Gasteiger partial charge in [-0.15, -0.1) is 0 Å². The summed E-state index contributed by atoms with van der Waals surface area (Å²) >= 11 is 0. The summed E-state index contributed by atoms with van der Waals surface area (Å²) in [5.41, 5.74) is 6.69. The fourth-order valence-corrected chi connectivity index (χ4v) is 2.27. The van der Waals surface area contributed by atoms with Crippen LogP contribution in [0.3, 0.4) is 0 Å². The Morgan fingerprint density at radius 2 is 2.07 bits per heavy atom. The molecular weight excluding hydrogens is 214 g/mol. The molecule has 0 amide bonds. The number of para-hydroxylation sites is 1. The number of aryl methyl sites for hydroxylation is 1. The second-order valence-corrected chi connectivity index (χ2v) is 5.03. The molecule has 15 heavy (non-hydrogen) atoms. The molecule has 0 aliphatic carbocycles. The first-order chi connectivity index (χ1) is 6.96. The van der Waals surface area contributed by atoms with E-state index in [2.05, 4.69) is 0 Å². The van der Waals surface area contributed by atoms with Crippen LogP contribution in [0.1, 0.15) is 18.9 Å². The van der Waals surface area contributed by atoms with Gasteiger partial charge in [0, 0.05) is 0 Å². The molecule has 0 atom stereocenters. The number of hydrogen-bond donors (Lipinski definition) is 1. The summed E-state index contributed by atoms with van der Waals surface area (Å²) in [4.78, 5) is 0. The molecule has 2 N–H and O–H groups in total. The summed E-state index contributed by atoms with van der Waals surface area (Å²) in [7, 11) is -3.51. The number of benzene rings is 1. The first-order valence-electron chi connectivity index (χ1n) is 4.73. The minimum absolute atomic E-state index is 0.000768. The van der Waals surface area contributed by atoms with Crippen molar-refractivity contribution in [1.29, 1.82) is 0 Å². The van der Waals surface area contributed by atoms with Crippen molar-refractivity contribution in [1.82, 2.24) is 0 Å². The number of nitrogens with two attached hydrogens (primary N) is 1. The van der Waals surface area contributed by atoms with Gasteiger partial charge in [0.1, 0.15) is 0 Å². The van der Waals surface area contributed by atoms with Gasteiger partial charge in [0.15, 0.2) is 5.75 Å². The molecule has 0 radical (unpaired) electrons. The van der Waals surface area contributed by atoms with Crippen molar-refractivity contribution in [2.75, 3.05) is 11.5 Å². The van der Waals surface area contributed by atoms with Gasteiger partial charge in [-0.1, -0.05) is 19.1 Å². The molecule has 0 spiro atoms. The minimum atomic E-state index is -3.51. The summed E-state index contributed by atoms with van der Waals surface area (Å²) in [6, 6.07) is 5.13. The molecule has 1 aromatic rings.